The Morgan fingerprint density at radius 2 is 1.52 bits per heavy atom. The SMILES string of the molecule is Cc1[c-]c(-c2ncc(C(C)C)c3cc(C4CCCC4)ccc23)c2oc3ccccc3c2c1.O=C(/C=C(\O)C1CCCC1)C1CCCC1.[Ir]. The minimum atomic E-state index is 0. The Labute approximate surface area is 298 Å². The normalized spacial score (nSPS) is 17.8. The van der Waals surface area contributed by atoms with Gasteiger partial charge < -0.3 is 14.5 Å². The first-order valence-corrected chi connectivity index (χ1v) is 18.1. The molecule has 5 aromatic rings. The number of aryl methyl sites for hydroxylation is 1. The maximum atomic E-state index is 11.8. The third-order valence-corrected chi connectivity index (χ3v) is 11.0. The van der Waals surface area contributed by atoms with Crippen molar-refractivity contribution in [3.63, 3.8) is 0 Å². The molecule has 0 saturated heterocycles. The summed E-state index contributed by atoms with van der Waals surface area (Å²) < 4.78 is 6.35. The Morgan fingerprint density at radius 1 is 0.854 bits per heavy atom. The van der Waals surface area contributed by atoms with Crippen molar-refractivity contribution in [3.8, 4) is 11.3 Å². The number of pyridine rings is 1. The second-order valence-corrected chi connectivity index (χ2v) is 14.6. The smallest absolute Gasteiger partial charge is 0.162 e. The first-order chi connectivity index (χ1) is 22.9. The minimum Gasteiger partial charge on any atom is -0.512 e. The Morgan fingerprint density at radius 3 is 2.23 bits per heavy atom. The fourth-order valence-electron chi connectivity index (χ4n) is 8.33. The zero-order valence-corrected chi connectivity index (χ0v) is 31.0. The Bertz CT molecular complexity index is 1930. The number of allylic oxidation sites excluding steroid dienone is 2. The van der Waals surface area contributed by atoms with Crippen molar-refractivity contribution in [2.24, 2.45) is 11.8 Å². The Balaban J connectivity index is 0.000000212. The van der Waals surface area contributed by atoms with Crippen LogP contribution in [-0.4, -0.2) is 15.9 Å². The summed E-state index contributed by atoms with van der Waals surface area (Å²) in [4.78, 5) is 16.8. The summed E-state index contributed by atoms with van der Waals surface area (Å²) in [6.07, 6.45) is 17.8. The first kappa shape index (κ1) is 34.6. The van der Waals surface area contributed by atoms with Crippen LogP contribution in [0.2, 0.25) is 0 Å². The standard InChI is InChI=1S/C30H28NO.C13H20O2.Ir/c1-18(2)27-17-31-29(23-13-12-21(16-24(23)27)20-8-4-5-9-20)26-15-19(3)14-25-22-10-6-7-11-28(22)32-30(25)26;14-12(10-5-1-2-6-10)9-13(15)11-7-3-4-8-11;/h6-7,10-14,16-18,20H,4-5,8-9H2,1-3H3;9-11,14H,1-8H2;/q-1;;/b;12-9-;. The summed E-state index contributed by atoms with van der Waals surface area (Å²) in [5, 5.41) is 14.6. The van der Waals surface area contributed by atoms with Gasteiger partial charge in [-0.2, -0.15) is 0 Å². The Hall–Kier alpha value is -3.27. The number of hydrogen-bond acceptors (Lipinski definition) is 4. The molecule has 0 spiro atoms. The largest absolute Gasteiger partial charge is 0.512 e. The summed E-state index contributed by atoms with van der Waals surface area (Å²) in [7, 11) is 0. The van der Waals surface area contributed by atoms with E-state index in [4.69, 9.17) is 9.40 Å². The maximum Gasteiger partial charge on any atom is 0.162 e. The van der Waals surface area contributed by atoms with Crippen LogP contribution < -0.4 is 0 Å². The van der Waals surface area contributed by atoms with E-state index in [1.807, 2.05) is 12.1 Å². The third-order valence-electron chi connectivity index (χ3n) is 11.0. The third kappa shape index (κ3) is 7.05. The van der Waals surface area contributed by atoms with Gasteiger partial charge in [-0.05, 0) is 84.0 Å². The number of furan rings is 1. The van der Waals surface area contributed by atoms with E-state index in [9.17, 15) is 9.90 Å². The number of nitrogens with zero attached hydrogens (tertiary/aromatic N) is 1. The molecule has 0 bridgehead atoms. The molecule has 5 heteroatoms. The molecule has 8 rings (SSSR count). The number of aliphatic hydroxyl groups is 1. The van der Waals surface area contributed by atoms with Crippen LogP contribution in [0.25, 0.3) is 44.0 Å². The van der Waals surface area contributed by atoms with E-state index >= 15 is 0 Å². The number of para-hydroxylation sites is 1. The van der Waals surface area contributed by atoms with Crippen molar-refractivity contribution >= 4 is 38.5 Å². The minimum absolute atomic E-state index is 0. The van der Waals surface area contributed by atoms with Crippen molar-refractivity contribution in [3.05, 3.63) is 89.3 Å². The molecule has 1 N–H and O–H groups in total. The van der Waals surface area contributed by atoms with Gasteiger partial charge in [0.1, 0.15) is 5.58 Å². The molecule has 3 aromatic carbocycles. The van der Waals surface area contributed by atoms with Crippen LogP contribution in [0.1, 0.15) is 119 Å². The molecule has 3 fully saturated rings. The predicted molar refractivity (Wildman–Crippen MR) is 193 cm³/mol. The average molecular weight is 819 g/mol. The second-order valence-electron chi connectivity index (χ2n) is 14.6. The van der Waals surface area contributed by atoms with Gasteiger partial charge in [0.2, 0.25) is 0 Å². The quantitative estimate of drug-likeness (QED) is 0.105. The fraction of sp³-hybridized carbons (Fsp3) is 0.442. The monoisotopic (exact) mass is 819 g/mol. The van der Waals surface area contributed by atoms with Gasteiger partial charge in [-0.1, -0.05) is 107 Å². The molecule has 3 saturated carbocycles. The van der Waals surface area contributed by atoms with Crippen LogP contribution in [0.3, 0.4) is 0 Å². The molecule has 0 amide bonds. The molecular formula is C43H48IrNO3-. The molecule has 1 radical (unpaired) electrons. The summed E-state index contributed by atoms with van der Waals surface area (Å²) in [6, 6.07) is 21.1. The van der Waals surface area contributed by atoms with Crippen LogP contribution >= 0.6 is 0 Å². The van der Waals surface area contributed by atoms with Crippen molar-refractivity contribution in [2.75, 3.05) is 0 Å². The zero-order chi connectivity index (χ0) is 32.5. The molecule has 0 aliphatic heterocycles. The molecule has 0 atom stereocenters. The van der Waals surface area contributed by atoms with Crippen LogP contribution in [0, 0.1) is 24.8 Å². The molecule has 0 unspecified atom stereocenters. The summed E-state index contributed by atoms with van der Waals surface area (Å²) >= 11 is 0. The summed E-state index contributed by atoms with van der Waals surface area (Å²) in [5.74, 6) is 2.11. The number of carbonyl (C=O) groups is 1. The average Bonchev–Trinajstić information content (AvgIpc) is 3.91. The van der Waals surface area contributed by atoms with E-state index in [0.717, 1.165) is 64.4 Å². The van der Waals surface area contributed by atoms with E-state index < -0.39 is 0 Å². The van der Waals surface area contributed by atoms with E-state index in [0.29, 0.717) is 17.6 Å². The molecule has 4 nitrogen and oxygen atoms in total. The van der Waals surface area contributed by atoms with Gasteiger partial charge in [-0.15, -0.1) is 17.7 Å². The molecule has 3 aliphatic carbocycles. The predicted octanol–water partition coefficient (Wildman–Crippen LogP) is 12.1. The van der Waals surface area contributed by atoms with Crippen molar-refractivity contribution in [1.82, 2.24) is 4.98 Å². The van der Waals surface area contributed by atoms with Crippen LogP contribution in [0.5, 0.6) is 0 Å². The number of carbonyl (C=O) groups excluding carboxylic acids is 1. The number of hydrogen-bond donors (Lipinski definition) is 1. The van der Waals surface area contributed by atoms with E-state index in [1.54, 1.807) is 0 Å². The topological polar surface area (TPSA) is 63.3 Å². The van der Waals surface area contributed by atoms with Gasteiger partial charge >= 0.3 is 0 Å². The maximum absolute atomic E-state index is 11.8. The number of aliphatic hydroxyl groups excluding tert-OH is 1. The van der Waals surface area contributed by atoms with E-state index in [-0.39, 0.29) is 37.7 Å². The number of fused-ring (bicyclic) bond motifs is 4. The van der Waals surface area contributed by atoms with Crippen molar-refractivity contribution < 1.29 is 34.4 Å². The number of benzene rings is 3. The summed E-state index contributed by atoms with van der Waals surface area (Å²) in [5.41, 5.74) is 7.62. The van der Waals surface area contributed by atoms with Gasteiger partial charge in [0.25, 0.3) is 0 Å². The van der Waals surface area contributed by atoms with Gasteiger partial charge in [0.15, 0.2) is 5.78 Å². The van der Waals surface area contributed by atoms with Crippen molar-refractivity contribution in [1.29, 1.82) is 0 Å². The van der Waals surface area contributed by atoms with Gasteiger partial charge in [-0.3, -0.25) is 4.79 Å². The van der Waals surface area contributed by atoms with Gasteiger partial charge in [-0.25, -0.2) is 0 Å². The van der Waals surface area contributed by atoms with E-state index in [2.05, 4.69) is 69.4 Å². The molecule has 48 heavy (non-hydrogen) atoms. The fourth-order valence-corrected chi connectivity index (χ4v) is 8.33. The molecule has 2 heterocycles. The number of aromatic nitrogens is 1. The molecular weight excluding hydrogens is 771 g/mol. The zero-order valence-electron chi connectivity index (χ0n) is 28.6. The van der Waals surface area contributed by atoms with Crippen LogP contribution in [0.15, 0.2) is 71.0 Å². The second kappa shape index (κ2) is 15.1. The van der Waals surface area contributed by atoms with Crippen LogP contribution in [-0.2, 0) is 24.9 Å². The number of rotatable bonds is 6. The number of ketones is 1. The molecule has 253 valence electrons. The van der Waals surface area contributed by atoms with E-state index in [1.165, 1.54) is 79.3 Å². The molecule has 3 aliphatic rings. The van der Waals surface area contributed by atoms with Crippen LogP contribution in [0.4, 0.5) is 0 Å². The summed E-state index contributed by atoms with van der Waals surface area (Å²) in [6.45, 7) is 6.62. The van der Waals surface area contributed by atoms with Crippen molar-refractivity contribution in [2.45, 2.75) is 110 Å². The Kier molecular flexibility index (Phi) is 10.9. The van der Waals surface area contributed by atoms with Gasteiger partial charge in [0, 0.05) is 49.6 Å². The van der Waals surface area contributed by atoms with Gasteiger partial charge in [0.05, 0.1) is 11.3 Å². The molecule has 2 aromatic heterocycles. The first-order valence-electron chi connectivity index (χ1n) is 18.1.